The Balaban J connectivity index is 1.09. The van der Waals surface area contributed by atoms with Crippen LogP contribution in [0.3, 0.4) is 0 Å². The second kappa shape index (κ2) is 11.7. The Kier molecular flexibility index (Phi) is 6.48. The maximum atomic E-state index is 6.70. The molecule has 0 aliphatic heterocycles. The van der Waals surface area contributed by atoms with Gasteiger partial charge in [-0.05, 0) is 82.1 Å². The van der Waals surface area contributed by atoms with Gasteiger partial charge in [-0.15, -0.1) is 0 Å². The van der Waals surface area contributed by atoms with Gasteiger partial charge in [0.15, 0.2) is 0 Å². The van der Waals surface area contributed by atoms with E-state index in [1.54, 1.807) is 0 Å². The van der Waals surface area contributed by atoms with Crippen LogP contribution in [0, 0.1) is 0 Å². The van der Waals surface area contributed by atoms with E-state index < -0.39 is 0 Å². The lowest BCUT2D eigenvalue weighted by Gasteiger charge is -2.16. The summed E-state index contributed by atoms with van der Waals surface area (Å²) in [5.41, 5.74) is 10.9. The molecule has 0 amide bonds. The molecule has 0 bridgehead atoms. The topological polar surface area (TPSA) is 43.8 Å². The number of aromatic nitrogens is 4. The summed E-state index contributed by atoms with van der Waals surface area (Å²) in [6.07, 6.45) is 5.92. The van der Waals surface area contributed by atoms with Crippen LogP contribution in [0.25, 0.3) is 88.2 Å². The fraction of sp³-hybridized carbons (Fsp3) is 0. The van der Waals surface area contributed by atoms with Crippen LogP contribution in [-0.4, -0.2) is 18.8 Å². The summed E-state index contributed by atoms with van der Waals surface area (Å²) in [7, 11) is 0. The lowest BCUT2D eigenvalue weighted by atomic mass is 9.93. The summed E-state index contributed by atoms with van der Waals surface area (Å²) in [4.78, 5) is 9.86. The van der Waals surface area contributed by atoms with E-state index in [9.17, 15) is 0 Å². The smallest absolute Gasteiger partial charge is 0.145 e. The number of fused-ring (bicyclic) bond motifs is 12. The molecular formula is C48H30N4O. The van der Waals surface area contributed by atoms with Crippen LogP contribution in [0.15, 0.2) is 182 Å². The fourth-order valence-electron chi connectivity index (χ4n) is 8.06. The van der Waals surface area contributed by atoms with Crippen molar-refractivity contribution >= 4 is 54.6 Å². The quantitative estimate of drug-likeness (QED) is 0.170. The van der Waals surface area contributed by atoms with Crippen LogP contribution in [0.1, 0.15) is 0 Å². The first-order valence-electron chi connectivity index (χ1n) is 17.8. The molecule has 7 aromatic carbocycles. The lowest BCUT2D eigenvalue weighted by molar-refractivity contribution is 0.484. The number of hydrogen-bond donors (Lipinski definition) is 0. The zero-order chi connectivity index (χ0) is 34.9. The average molecular weight is 679 g/mol. The summed E-state index contributed by atoms with van der Waals surface area (Å²) < 4.78 is 11.2. The summed E-state index contributed by atoms with van der Waals surface area (Å²) in [5, 5.41) is 6.65. The highest BCUT2D eigenvalue weighted by molar-refractivity contribution is 6.17. The van der Waals surface area contributed by atoms with Crippen LogP contribution >= 0.6 is 0 Å². The first-order chi connectivity index (χ1) is 26.3. The van der Waals surface area contributed by atoms with Crippen molar-refractivity contribution < 1.29 is 4.74 Å². The molecular weight excluding hydrogens is 649 g/mol. The number of benzene rings is 7. The molecule has 5 heteroatoms. The van der Waals surface area contributed by atoms with Gasteiger partial charge in [-0.1, -0.05) is 109 Å². The first-order valence-corrected chi connectivity index (χ1v) is 17.8. The van der Waals surface area contributed by atoms with Gasteiger partial charge in [-0.2, -0.15) is 0 Å². The van der Waals surface area contributed by atoms with E-state index in [0.717, 1.165) is 83.1 Å². The number of ether oxygens (including phenoxy) is 1. The lowest BCUT2D eigenvalue weighted by Crippen LogP contribution is -1.96. The van der Waals surface area contributed by atoms with Gasteiger partial charge < -0.3 is 4.74 Å². The highest BCUT2D eigenvalue weighted by atomic mass is 16.5. The molecule has 0 saturated heterocycles. The molecule has 248 valence electrons. The van der Waals surface area contributed by atoms with Crippen molar-refractivity contribution in [1.82, 2.24) is 18.8 Å². The summed E-state index contributed by atoms with van der Waals surface area (Å²) >= 11 is 0. The Morgan fingerprint density at radius 1 is 0.434 bits per heavy atom. The van der Waals surface area contributed by atoms with Crippen molar-refractivity contribution in [2.45, 2.75) is 0 Å². The van der Waals surface area contributed by atoms with Crippen LogP contribution in [-0.2, 0) is 0 Å². The maximum Gasteiger partial charge on any atom is 0.145 e. The Bertz CT molecular complexity index is 3180. The Hall–Kier alpha value is -7.24. The van der Waals surface area contributed by atoms with Crippen molar-refractivity contribution in [1.29, 1.82) is 0 Å². The number of hydrogen-bond acceptors (Lipinski definition) is 3. The van der Waals surface area contributed by atoms with Gasteiger partial charge in [0.25, 0.3) is 0 Å². The summed E-state index contributed by atoms with van der Waals surface area (Å²) in [6.45, 7) is 0. The normalized spacial score (nSPS) is 11.8. The number of nitrogens with zero attached hydrogens (tertiary/aromatic N) is 4. The van der Waals surface area contributed by atoms with Gasteiger partial charge >= 0.3 is 0 Å². The predicted molar refractivity (Wildman–Crippen MR) is 217 cm³/mol. The van der Waals surface area contributed by atoms with Crippen LogP contribution in [0.5, 0.6) is 11.5 Å². The molecule has 4 aromatic heterocycles. The molecule has 53 heavy (non-hydrogen) atoms. The molecule has 11 rings (SSSR count). The Labute approximate surface area is 304 Å². The molecule has 0 fully saturated rings. The number of para-hydroxylation sites is 1. The number of imidazole rings is 2. The molecule has 0 radical (unpaired) electrons. The number of pyridine rings is 2. The zero-order valence-corrected chi connectivity index (χ0v) is 28.5. The van der Waals surface area contributed by atoms with Gasteiger partial charge in [-0.25, -0.2) is 9.97 Å². The van der Waals surface area contributed by atoms with Gasteiger partial charge in [0, 0.05) is 45.1 Å². The van der Waals surface area contributed by atoms with E-state index in [2.05, 4.69) is 173 Å². The molecule has 0 spiro atoms. The van der Waals surface area contributed by atoms with E-state index in [1.165, 1.54) is 16.5 Å². The average Bonchev–Trinajstić information content (AvgIpc) is 3.91. The summed E-state index contributed by atoms with van der Waals surface area (Å²) in [5.74, 6) is 1.49. The maximum absolute atomic E-state index is 6.70. The zero-order valence-electron chi connectivity index (χ0n) is 28.5. The van der Waals surface area contributed by atoms with E-state index in [4.69, 9.17) is 14.7 Å². The molecule has 11 aromatic rings. The van der Waals surface area contributed by atoms with Crippen molar-refractivity contribution in [3.05, 3.63) is 182 Å². The molecule has 0 N–H and O–H groups in total. The fourth-order valence-corrected chi connectivity index (χ4v) is 8.06. The van der Waals surface area contributed by atoms with E-state index in [-0.39, 0.29) is 0 Å². The Morgan fingerprint density at radius 3 is 1.79 bits per heavy atom. The molecule has 0 unspecified atom stereocenters. The van der Waals surface area contributed by atoms with Crippen LogP contribution in [0.4, 0.5) is 0 Å². The molecule has 0 atom stereocenters. The van der Waals surface area contributed by atoms with Crippen molar-refractivity contribution in [2.75, 3.05) is 0 Å². The van der Waals surface area contributed by atoms with E-state index >= 15 is 0 Å². The summed E-state index contributed by atoms with van der Waals surface area (Å²) in [6, 6.07) is 57.5. The Morgan fingerprint density at radius 2 is 1.06 bits per heavy atom. The molecule has 5 nitrogen and oxygen atoms in total. The molecule has 0 aliphatic rings. The minimum atomic E-state index is 0.744. The first kappa shape index (κ1) is 29.5. The van der Waals surface area contributed by atoms with E-state index in [0.29, 0.717) is 0 Å². The van der Waals surface area contributed by atoms with E-state index in [1.807, 2.05) is 18.5 Å². The standard InChI is InChI=1S/C48H30N4O/c1-4-12-31(13-5-1)34-26-40(32-14-6-2-7-15-32)46-41(27-34)38-23-21-35(28-42(38)47-49-24-25-51(46)47)53-36-20-22-37-39-18-10-11-19-44(39)52-45(33-16-8-3-9-17-33)30-50-48(52)43(37)29-36/h1-30H. The van der Waals surface area contributed by atoms with Gasteiger partial charge in [0.2, 0.25) is 0 Å². The third-order valence-electron chi connectivity index (χ3n) is 10.4. The monoisotopic (exact) mass is 678 g/mol. The largest absolute Gasteiger partial charge is 0.457 e. The van der Waals surface area contributed by atoms with Gasteiger partial charge in [0.05, 0.1) is 22.9 Å². The third-order valence-corrected chi connectivity index (χ3v) is 10.4. The third kappa shape index (κ3) is 4.64. The highest BCUT2D eigenvalue weighted by Gasteiger charge is 2.18. The molecule has 4 heterocycles. The van der Waals surface area contributed by atoms with Gasteiger partial charge in [-0.3, -0.25) is 8.80 Å². The second-order valence-electron chi connectivity index (χ2n) is 13.5. The minimum Gasteiger partial charge on any atom is -0.457 e. The minimum absolute atomic E-state index is 0.744. The van der Waals surface area contributed by atoms with Crippen molar-refractivity contribution in [3.8, 4) is 45.0 Å². The molecule has 0 saturated carbocycles. The number of rotatable bonds is 5. The van der Waals surface area contributed by atoms with Crippen LogP contribution in [0.2, 0.25) is 0 Å². The van der Waals surface area contributed by atoms with Gasteiger partial charge in [0.1, 0.15) is 22.8 Å². The second-order valence-corrected chi connectivity index (χ2v) is 13.5. The SMILES string of the molecule is c1ccc(-c2cc(-c3ccccc3)c3c(c2)c2ccc(Oc4ccc5c6ccccc6n6c(-c7ccccc7)cnc6c5c4)cc2c2nccn23)cc1. The van der Waals surface area contributed by atoms with Crippen molar-refractivity contribution in [3.63, 3.8) is 0 Å². The molecule has 0 aliphatic carbocycles. The predicted octanol–water partition coefficient (Wildman–Crippen LogP) is 12.4. The van der Waals surface area contributed by atoms with Crippen LogP contribution < -0.4 is 4.74 Å². The van der Waals surface area contributed by atoms with Crippen molar-refractivity contribution in [2.24, 2.45) is 0 Å². The highest BCUT2D eigenvalue weighted by Crippen LogP contribution is 2.41.